The molecule has 0 bridgehead atoms. The van der Waals surface area contributed by atoms with Crippen molar-refractivity contribution in [1.29, 1.82) is 0 Å². The standard InChI is InChI=1S/C13H18ClNO4S/c1-4-6-15(5-2)20(18,19)12-8-10(14)7-11(9(12)3)13(16)17/h7-8H,4-6H2,1-3H3,(H,16,17). The van der Waals surface area contributed by atoms with E-state index in [1.165, 1.54) is 23.4 Å². The van der Waals surface area contributed by atoms with Gasteiger partial charge in [-0.05, 0) is 31.0 Å². The van der Waals surface area contributed by atoms with Crippen LogP contribution >= 0.6 is 11.6 Å². The molecule has 0 aliphatic heterocycles. The molecule has 0 aromatic heterocycles. The maximum absolute atomic E-state index is 12.6. The number of sulfonamides is 1. The van der Waals surface area contributed by atoms with Gasteiger partial charge in [-0.2, -0.15) is 4.31 Å². The lowest BCUT2D eigenvalue weighted by Crippen LogP contribution is -2.32. The number of carbonyl (C=O) groups is 1. The summed E-state index contributed by atoms with van der Waals surface area (Å²) in [4.78, 5) is 11.1. The van der Waals surface area contributed by atoms with Crippen LogP contribution in [0.25, 0.3) is 0 Å². The highest BCUT2D eigenvalue weighted by atomic mass is 35.5. The first kappa shape index (κ1) is 16.9. The zero-order valence-corrected chi connectivity index (χ0v) is 13.3. The topological polar surface area (TPSA) is 74.7 Å². The van der Waals surface area contributed by atoms with Gasteiger partial charge in [-0.25, -0.2) is 13.2 Å². The first-order valence-electron chi connectivity index (χ1n) is 6.29. The van der Waals surface area contributed by atoms with E-state index in [-0.39, 0.29) is 21.0 Å². The Morgan fingerprint density at radius 1 is 1.35 bits per heavy atom. The van der Waals surface area contributed by atoms with Gasteiger partial charge in [0.1, 0.15) is 0 Å². The minimum atomic E-state index is -3.74. The molecule has 1 aromatic rings. The second-order valence-electron chi connectivity index (χ2n) is 4.38. The van der Waals surface area contributed by atoms with Gasteiger partial charge in [0.2, 0.25) is 10.0 Å². The van der Waals surface area contributed by atoms with Crippen LogP contribution in [0.5, 0.6) is 0 Å². The Kier molecular flexibility index (Phi) is 5.56. The molecule has 0 saturated carbocycles. The average molecular weight is 320 g/mol. The molecular formula is C13H18ClNO4S. The van der Waals surface area contributed by atoms with Crippen molar-refractivity contribution in [1.82, 2.24) is 4.31 Å². The van der Waals surface area contributed by atoms with Crippen LogP contribution in [0.1, 0.15) is 36.2 Å². The van der Waals surface area contributed by atoms with Gasteiger partial charge in [-0.3, -0.25) is 0 Å². The summed E-state index contributed by atoms with van der Waals surface area (Å²) in [7, 11) is -3.74. The number of carboxylic acids is 1. The van der Waals surface area contributed by atoms with Crippen molar-refractivity contribution in [3.63, 3.8) is 0 Å². The normalized spacial score (nSPS) is 11.8. The number of halogens is 1. The fourth-order valence-electron chi connectivity index (χ4n) is 1.98. The van der Waals surface area contributed by atoms with Crippen LogP contribution in [0.3, 0.4) is 0 Å². The average Bonchev–Trinajstić information content (AvgIpc) is 2.37. The third-order valence-electron chi connectivity index (χ3n) is 3.00. The van der Waals surface area contributed by atoms with E-state index in [1.807, 2.05) is 6.92 Å². The molecule has 0 amide bonds. The molecule has 7 heteroatoms. The van der Waals surface area contributed by atoms with Gasteiger partial charge < -0.3 is 5.11 Å². The van der Waals surface area contributed by atoms with Crippen LogP contribution in [0.15, 0.2) is 17.0 Å². The summed E-state index contributed by atoms with van der Waals surface area (Å²) in [5.74, 6) is -1.19. The number of hydrogen-bond donors (Lipinski definition) is 1. The smallest absolute Gasteiger partial charge is 0.336 e. The Balaban J connectivity index is 3.49. The second-order valence-corrected chi connectivity index (χ2v) is 6.72. The van der Waals surface area contributed by atoms with Crippen molar-refractivity contribution in [2.24, 2.45) is 0 Å². The van der Waals surface area contributed by atoms with E-state index in [4.69, 9.17) is 16.7 Å². The summed E-state index contributed by atoms with van der Waals surface area (Å²) < 4.78 is 26.5. The molecule has 0 atom stereocenters. The molecule has 1 aromatic carbocycles. The summed E-state index contributed by atoms with van der Waals surface area (Å²) in [5, 5.41) is 9.21. The quantitative estimate of drug-likeness (QED) is 0.875. The lowest BCUT2D eigenvalue weighted by atomic mass is 10.1. The molecule has 0 spiro atoms. The number of carboxylic acid groups (broad SMARTS) is 1. The van der Waals surface area contributed by atoms with E-state index >= 15 is 0 Å². The van der Waals surface area contributed by atoms with Crippen molar-refractivity contribution in [3.8, 4) is 0 Å². The van der Waals surface area contributed by atoms with Crippen LogP contribution in [0.2, 0.25) is 5.02 Å². The van der Waals surface area contributed by atoms with Crippen LogP contribution in [0, 0.1) is 6.92 Å². The van der Waals surface area contributed by atoms with Gasteiger partial charge in [0.15, 0.2) is 0 Å². The minimum absolute atomic E-state index is 0.0438. The predicted molar refractivity (Wildman–Crippen MR) is 77.9 cm³/mol. The maximum atomic E-state index is 12.6. The van der Waals surface area contributed by atoms with Crippen LogP contribution in [0.4, 0.5) is 0 Å². The monoisotopic (exact) mass is 319 g/mol. The molecule has 0 saturated heterocycles. The molecule has 5 nitrogen and oxygen atoms in total. The van der Waals surface area contributed by atoms with Crippen LogP contribution in [-0.2, 0) is 10.0 Å². The fraction of sp³-hybridized carbons (Fsp3) is 0.462. The molecule has 0 heterocycles. The Labute approximate surface area is 124 Å². The lowest BCUT2D eigenvalue weighted by molar-refractivity contribution is 0.0696. The van der Waals surface area contributed by atoms with Crippen molar-refractivity contribution < 1.29 is 18.3 Å². The fourth-order valence-corrected chi connectivity index (χ4v) is 4.08. The zero-order chi connectivity index (χ0) is 15.5. The SMILES string of the molecule is CCCN(CC)S(=O)(=O)c1cc(Cl)cc(C(=O)O)c1C. The van der Waals surface area contributed by atoms with Crippen LogP contribution in [-0.4, -0.2) is 36.9 Å². The van der Waals surface area contributed by atoms with Gasteiger partial charge in [0.05, 0.1) is 10.5 Å². The highest BCUT2D eigenvalue weighted by Crippen LogP contribution is 2.27. The molecule has 1 N–H and O–H groups in total. The number of aromatic carboxylic acids is 1. The Hall–Kier alpha value is -1.11. The molecule has 0 fully saturated rings. The molecule has 1 rings (SSSR count). The van der Waals surface area contributed by atoms with Gasteiger partial charge >= 0.3 is 5.97 Å². The third-order valence-corrected chi connectivity index (χ3v) is 5.32. The Morgan fingerprint density at radius 3 is 2.40 bits per heavy atom. The summed E-state index contributed by atoms with van der Waals surface area (Å²) in [6.07, 6.45) is 0.679. The highest BCUT2D eigenvalue weighted by molar-refractivity contribution is 7.89. The van der Waals surface area contributed by atoms with Crippen molar-refractivity contribution >= 4 is 27.6 Å². The molecule has 0 aliphatic rings. The van der Waals surface area contributed by atoms with E-state index in [2.05, 4.69) is 0 Å². The van der Waals surface area contributed by atoms with Gasteiger partial charge in [-0.15, -0.1) is 0 Å². The Morgan fingerprint density at radius 2 is 1.95 bits per heavy atom. The Bertz CT molecular complexity index is 613. The molecule has 20 heavy (non-hydrogen) atoms. The van der Waals surface area contributed by atoms with Crippen molar-refractivity contribution in [3.05, 3.63) is 28.3 Å². The summed E-state index contributed by atoms with van der Waals surface area (Å²) in [6.45, 7) is 5.81. The van der Waals surface area contributed by atoms with E-state index < -0.39 is 16.0 Å². The van der Waals surface area contributed by atoms with Crippen molar-refractivity contribution in [2.45, 2.75) is 32.1 Å². The molecule has 112 valence electrons. The minimum Gasteiger partial charge on any atom is -0.478 e. The maximum Gasteiger partial charge on any atom is 0.336 e. The van der Waals surface area contributed by atoms with Gasteiger partial charge in [0, 0.05) is 18.1 Å². The summed E-state index contributed by atoms with van der Waals surface area (Å²) >= 11 is 5.85. The first-order valence-corrected chi connectivity index (χ1v) is 8.11. The number of benzene rings is 1. The van der Waals surface area contributed by atoms with Crippen LogP contribution < -0.4 is 0 Å². The lowest BCUT2D eigenvalue weighted by Gasteiger charge is -2.21. The van der Waals surface area contributed by atoms with E-state index in [0.717, 1.165) is 0 Å². The van der Waals surface area contributed by atoms with E-state index in [9.17, 15) is 13.2 Å². The number of rotatable bonds is 6. The van der Waals surface area contributed by atoms with E-state index in [0.29, 0.717) is 19.5 Å². The van der Waals surface area contributed by atoms with Gasteiger partial charge in [-0.1, -0.05) is 25.4 Å². The number of hydrogen-bond acceptors (Lipinski definition) is 3. The zero-order valence-electron chi connectivity index (χ0n) is 11.7. The first-order chi connectivity index (χ1) is 9.25. The van der Waals surface area contributed by atoms with Gasteiger partial charge in [0.25, 0.3) is 0 Å². The molecule has 0 aliphatic carbocycles. The summed E-state index contributed by atoms with van der Waals surface area (Å²) in [5.41, 5.74) is 0.111. The predicted octanol–water partition coefficient (Wildman–Crippen LogP) is 2.77. The molecular weight excluding hydrogens is 302 g/mol. The molecule has 0 radical (unpaired) electrons. The van der Waals surface area contributed by atoms with E-state index in [1.54, 1.807) is 6.92 Å². The largest absolute Gasteiger partial charge is 0.478 e. The number of nitrogens with zero attached hydrogens (tertiary/aromatic N) is 1. The summed E-state index contributed by atoms with van der Waals surface area (Å²) in [6, 6.07) is 2.56. The third kappa shape index (κ3) is 3.31. The highest BCUT2D eigenvalue weighted by Gasteiger charge is 2.27. The molecule has 0 unspecified atom stereocenters. The van der Waals surface area contributed by atoms with Crippen molar-refractivity contribution in [2.75, 3.05) is 13.1 Å². The second kappa shape index (κ2) is 6.56.